The molecule has 0 amide bonds. The smallest absolute Gasteiger partial charge is 0.264 e. The molecule has 2 unspecified atom stereocenters. The maximum absolute atomic E-state index is 11.0. The second kappa shape index (κ2) is 7.48. The topological polar surface area (TPSA) is 82.3 Å². The summed E-state index contributed by atoms with van der Waals surface area (Å²) in [6.07, 6.45) is 9.35. The lowest BCUT2D eigenvalue weighted by Crippen LogP contribution is -2.24. The Labute approximate surface area is 167 Å². The highest BCUT2D eigenvalue weighted by atomic mass is 32.2. The van der Waals surface area contributed by atoms with E-state index in [4.69, 9.17) is 14.9 Å². The number of hydrogen-bond donors (Lipinski definition) is 1. The fraction of sp³-hybridized carbons (Fsp3) is 0.500. The van der Waals surface area contributed by atoms with Crippen molar-refractivity contribution in [3.8, 4) is 0 Å². The van der Waals surface area contributed by atoms with Crippen LogP contribution < -0.4 is 5.73 Å². The number of unbranched alkanes of at least 4 members (excludes halogenated alkanes) is 1. The van der Waals surface area contributed by atoms with Crippen molar-refractivity contribution in [2.45, 2.75) is 51.4 Å². The Morgan fingerprint density at radius 3 is 2.86 bits per heavy atom. The van der Waals surface area contributed by atoms with Gasteiger partial charge in [0.1, 0.15) is 0 Å². The van der Waals surface area contributed by atoms with Crippen molar-refractivity contribution in [3.63, 3.8) is 0 Å². The number of fused-ring (bicyclic) bond motifs is 5. The molecular formula is C22H28N2O3S. The predicted molar refractivity (Wildman–Crippen MR) is 113 cm³/mol. The molecule has 2 aliphatic rings. The molecule has 0 fully saturated rings. The number of aromatic nitrogens is 1. The summed E-state index contributed by atoms with van der Waals surface area (Å²) in [6, 6.07) is 6.32. The van der Waals surface area contributed by atoms with Crippen LogP contribution in [-0.2, 0) is 20.7 Å². The van der Waals surface area contributed by atoms with Crippen LogP contribution in [0, 0.1) is 12.8 Å². The Balaban J connectivity index is 1.49. The summed E-state index contributed by atoms with van der Waals surface area (Å²) < 4.78 is 26.9. The minimum Gasteiger partial charge on any atom is -0.398 e. The Morgan fingerprint density at radius 1 is 1.25 bits per heavy atom. The van der Waals surface area contributed by atoms with Gasteiger partial charge in [-0.25, -0.2) is 0 Å². The quantitative estimate of drug-likeness (QED) is 0.445. The number of aryl methyl sites for hydroxylation is 1. The van der Waals surface area contributed by atoms with Gasteiger partial charge in [0.05, 0.1) is 18.4 Å². The highest BCUT2D eigenvalue weighted by molar-refractivity contribution is 7.85. The van der Waals surface area contributed by atoms with Crippen molar-refractivity contribution in [1.82, 2.24) is 4.98 Å². The summed E-state index contributed by atoms with van der Waals surface area (Å²) >= 11 is 0. The molecule has 2 atom stereocenters. The highest BCUT2D eigenvalue weighted by Gasteiger charge is 2.33. The standard InChI is InChI=1S/C22H28N2O3S/c1-14-6-7-18-19(9-14)24-20-13-16-10-15(5-3-4-8-27-28(2,25)26)11-17(12-16)21(20)22(18)23/h6-7,9-10,16-17H,3-5,8,11-13H2,1-2H3,(H2,23,24). The summed E-state index contributed by atoms with van der Waals surface area (Å²) in [4.78, 5) is 4.97. The molecule has 0 saturated heterocycles. The van der Waals surface area contributed by atoms with Gasteiger partial charge in [0.2, 0.25) is 0 Å². The molecule has 6 heteroatoms. The first-order valence-electron chi connectivity index (χ1n) is 10.0. The number of benzene rings is 1. The lowest BCUT2D eigenvalue weighted by atomic mass is 9.70. The SMILES string of the molecule is Cc1ccc2c(N)c3c(nc2c1)CC1C=C(CCCCOS(C)(=O)=O)CC3C1. The molecule has 1 aromatic carbocycles. The Morgan fingerprint density at radius 2 is 2.07 bits per heavy atom. The molecule has 0 saturated carbocycles. The van der Waals surface area contributed by atoms with Crippen molar-refractivity contribution in [2.75, 3.05) is 18.6 Å². The van der Waals surface area contributed by atoms with E-state index in [1.807, 2.05) is 0 Å². The van der Waals surface area contributed by atoms with E-state index in [-0.39, 0.29) is 6.61 Å². The Bertz CT molecular complexity index is 1040. The van der Waals surface area contributed by atoms with Gasteiger partial charge in [-0.2, -0.15) is 8.42 Å². The zero-order valence-electron chi connectivity index (χ0n) is 16.6. The fourth-order valence-electron chi connectivity index (χ4n) is 4.77. The first kappa shape index (κ1) is 19.4. The van der Waals surface area contributed by atoms with E-state index in [9.17, 15) is 8.42 Å². The van der Waals surface area contributed by atoms with E-state index in [1.54, 1.807) is 0 Å². The van der Waals surface area contributed by atoms with Crippen molar-refractivity contribution in [3.05, 3.63) is 46.7 Å². The average molecular weight is 401 g/mol. The minimum absolute atomic E-state index is 0.268. The summed E-state index contributed by atoms with van der Waals surface area (Å²) in [7, 11) is -3.34. The molecule has 2 aromatic rings. The van der Waals surface area contributed by atoms with E-state index >= 15 is 0 Å². The van der Waals surface area contributed by atoms with Gasteiger partial charge in [-0.3, -0.25) is 9.17 Å². The van der Waals surface area contributed by atoms with Gasteiger partial charge in [0.15, 0.2) is 0 Å². The normalized spacial score (nSPS) is 21.4. The largest absolute Gasteiger partial charge is 0.398 e. The molecule has 2 aliphatic carbocycles. The summed E-state index contributed by atoms with van der Waals surface area (Å²) in [5.41, 5.74) is 13.6. The molecule has 1 aromatic heterocycles. The van der Waals surface area contributed by atoms with Gasteiger partial charge in [-0.05, 0) is 68.9 Å². The lowest BCUT2D eigenvalue weighted by Gasteiger charge is -2.36. The van der Waals surface area contributed by atoms with Crippen molar-refractivity contribution in [2.24, 2.45) is 5.92 Å². The van der Waals surface area contributed by atoms with Crippen LogP contribution in [0.3, 0.4) is 0 Å². The molecule has 150 valence electrons. The molecule has 0 radical (unpaired) electrons. The monoisotopic (exact) mass is 400 g/mol. The van der Waals surface area contributed by atoms with Crippen LogP contribution in [0.15, 0.2) is 29.8 Å². The van der Waals surface area contributed by atoms with Gasteiger partial charge in [-0.1, -0.05) is 23.8 Å². The van der Waals surface area contributed by atoms with E-state index < -0.39 is 10.1 Å². The van der Waals surface area contributed by atoms with Crippen molar-refractivity contribution in [1.29, 1.82) is 0 Å². The third-order valence-electron chi connectivity index (χ3n) is 5.92. The molecule has 0 spiro atoms. The van der Waals surface area contributed by atoms with Crippen LogP contribution in [-0.4, -0.2) is 26.3 Å². The third-order valence-corrected chi connectivity index (χ3v) is 6.52. The lowest BCUT2D eigenvalue weighted by molar-refractivity contribution is 0.311. The van der Waals surface area contributed by atoms with Crippen LogP contribution in [0.2, 0.25) is 0 Å². The molecule has 0 aliphatic heterocycles. The molecule has 28 heavy (non-hydrogen) atoms. The minimum atomic E-state index is -3.34. The number of pyridine rings is 1. The average Bonchev–Trinajstić information content (AvgIpc) is 2.59. The van der Waals surface area contributed by atoms with Crippen LogP contribution >= 0.6 is 0 Å². The molecular weight excluding hydrogens is 372 g/mol. The maximum atomic E-state index is 11.0. The van der Waals surface area contributed by atoms with Crippen LogP contribution in [0.25, 0.3) is 10.9 Å². The summed E-state index contributed by atoms with van der Waals surface area (Å²) in [5.74, 6) is 0.974. The van der Waals surface area contributed by atoms with E-state index in [0.717, 1.165) is 61.4 Å². The zero-order chi connectivity index (χ0) is 19.9. The first-order valence-corrected chi connectivity index (χ1v) is 11.8. The molecule has 1 heterocycles. The van der Waals surface area contributed by atoms with E-state index in [2.05, 4.69) is 31.2 Å². The number of hydrogen-bond acceptors (Lipinski definition) is 5. The van der Waals surface area contributed by atoms with Gasteiger partial charge in [-0.15, -0.1) is 0 Å². The number of anilines is 1. The van der Waals surface area contributed by atoms with Crippen LogP contribution in [0.5, 0.6) is 0 Å². The van der Waals surface area contributed by atoms with Gasteiger partial charge < -0.3 is 5.73 Å². The molecule has 4 rings (SSSR count). The van der Waals surface area contributed by atoms with Crippen molar-refractivity contribution < 1.29 is 12.6 Å². The second-order valence-corrected chi connectivity index (χ2v) is 9.96. The zero-order valence-corrected chi connectivity index (χ0v) is 17.4. The molecule has 2 bridgehead atoms. The third kappa shape index (κ3) is 4.08. The predicted octanol–water partition coefficient (Wildman–Crippen LogP) is 4.25. The van der Waals surface area contributed by atoms with Crippen molar-refractivity contribution >= 4 is 26.7 Å². The summed E-state index contributed by atoms with van der Waals surface area (Å²) in [5, 5.41) is 1.07. The second-order valence-electron chi connectivity index (χ2n) is 8.32. The number of rotatable bonds is 6. The first-order chi connectivity index (χ1) is 13.3. The van der Waals surface area contributed by atoms with E-state index in [0.29, 0.717) is 11.8 Å². The molecule has 2 N–H and O–H groups in total. The van der Waals surface area contributed by atoms with Crippen LogP contribution in [0.4, 0.5) is 5.69 Å². The van der Waals surface area contributed by atoms with E-state index in [1.165, 1.54) is 22.4 Å². The van der Waals surface area contributed by atoms with Crippen LogP contribution in [0.1, 0.15) is 54.8 Å². The van der Waals surface area contributed by atoms with Gasteiger partial charge >= 0.3 is 0 Å². The van der Waals surface area contributed by atoms with Gasteiger partial charge in [0, 0.05) is 22.3 Å². The Hall–Kier alpha value is -1.92. The number of nitrogen functional groups attached to an aromatic ring is 1. The highest BCUT2D eigenvalue weighted by Crippen LogP contribution is 2.47. The fourth-order valence-corrected chi connectivity index (χ4v) is 5.19. The maximum Gasteiger partial charge on any atom is 0.264 e. The number of nitrogens with two attached hydrogens (primary N) is 1. The molecule has 5 nitrogen and oxygen atoms in total. The number of allylic oxidation sites excluding steroid dienone is 2. The Kier molecular flexibility index (Phi) is 5.19. The number of nitrogens with zero attached hydrogens (tertiary/aromatic N) is 1. The summed E-state index contributed by atoms with van der Waals surface area (Å²) in [6.45, 7) is 2.35. The van der Waals surface area contributed by atoms with Gasteiger partial charge in [0.25, 0.3) is 10.1 Å².